The number of benzene rings is 2. The number of aliphatic hydroxyl groups is 1. The maximum atomic E-state index is 12.2. The van der Waals surface area contributed by atoms with Gasteiger partial charge in [0.05, 0.1) is 12.3 Å². The number of amides is 1. The minimum Gasteiger partial charge on any atom is -0.411 e. The molecule has 31 heavy (non-hydrogen) atoms. The summed E-state index contributed by atoms with van der Waals surface area (Å²) < 4.78 is 0. The van der Waals surface area contributed by atoms with E-state index >= 15 is 0 Å². The Bertz CT molecular complexity index is 1060. The minimum absolute atomic E-state index is 0.0601. The van der Waals surface area contributed by atoms with E-state index in [9.17, 15) is 10.0 Å². The van der Waals surface area contributed by atoms with Crippen molar-refractivity contribution in [3.8, 4) is 0 Å². The Morgan fingerprint density at radius 2 is 1.81 bits per heavy atom. The number of aryl methyl sites for hydroxylation is 2. The van der Waals surface area contributed by atoms with E-state index in [1.54, 1.807) is 18.3 Å². The maximum absolute atomic E-state index is 12.2. The van der Waals surface area contributed by atoms with Crippen LogP contribution in [0.3, 0.4) is 0 Å². The zero-order valence-corrected chi connectivity index (χ0v) is 17.7. The maximum Gasteiger partial charge on any atom is 0.251 e. The van der Waals surface area contributed by atoms with Crippen LogP contribution in [0.2, 0.25) is 0 Å². The number of oxime groups is 1. The Hall–Kier alpha value is -3.51. The molecule has 1 aromatic heterocycles. The molecule has 3 N–H and O–H groups in total. The molecule has 1 heterocycles. The Morgan fingerprint density at radius 1 is 1.06 bits per heavy atom. The topological polar surface area (TPSA) is 94.8 Å². The number of carbonyl (C=O) groups is 1. The fraction of sp³-hybridized carbons (Fsp3) is 0.240. The van der Waals surface area contributed by atoms with Gasteiger partial charge < -0.3 is 15.6 Å². The smallest absolute Gasteiger partial charge is 0.251 e. The van der Waals surface area contributed by atoms with Gasteiger partial charge in [0.2, 0.25) is 0 Å². The van der Waals surface area contributed by atoms with Crippen LogP contribution in [0, 0.1) is 13.8 Å². The van der Waals surface area contributed by atoms with Crippen LogP contribution in [0.1, 0.15) is 50.6 Å². The monoisotopic (exact) mass is 417 g/mol. The lowest BCUT2D eigenvalue weighted by molar-refractivity contribution is 0.0944. The van der Waals surface area contributed by atoms with Crippen LogP contribution >= 0.6 is 0 Å². The molecule has 6 heteroatoms. The molecule has 1 atom stereocenters. The van der Waals surface area contributed by atoms with Crippen molar-refractivity contribution in [1.82, 2.24) is 10.3 Å². The normalized spacial score (nSPS) is 12.4. The second-order valence-electron chi connectivity index (χ2n) is 7.45. The van der Waals surface area contributed by atoms with Crippen molar-refractivity contribution in [3.63, 3.8) is 0 Å². The summed E-state index contributed by atoms with van der Waals surface area (Å²) >= 11 is 0. The highest BCUT2D eigenvalue weighted by atomic mass is 16.4. The van der Waals surface area contributed by atoms with Crippen molar-refractivity contribution in [2.45, 2.75) is 26.2 Å². The lowest BCUT2D eigenvalue weighted by atomic mass is 9.83. The van der Waals surface area contributed by atoms with Gasteiger partial charge in [0, 0.05) is 41.9 Å². The lowest BCUT2D eigenvalue weighted by Crippen LogP contribution is -2.26. The minimum atomic E-state index is -0.224. The van der Waals surface area contributed by atoms with Crippen LogP contribution in [-0.2, 0) is 0 Å². The first-order chi connectivity index (χ1) is 15.0. The molecule has 0 spiro atoms. The average Bonchev–Trinajstić information content (AvgIpc) is 2.79. The predicted molar refractivity (Wildman–Crippen MR) is 121 cm³/mol. The standard InChI is InChI=1S/C25H27N3O3/c1-17-5-3-4-6-22(17)23(16-24(28-31)21-11-12-26-18(2)15-21)19-7-9-20(10-8-19)25(30)27-13-14-29/h3-12,15,23,29,31H,13-14,16H2,1-2H3,(H,27,30). The lowest BCUT2D eigenvalue weighted by Gasteiger charge is -2.21. The SMILES string of the molecule is Cc1cc(C(CC(c2ccc(C(=O)NCCO)cc2)c2ccccc2C)=NO)ccn1. The molecule has 3 aromatic rings. The number of aromatic nitrogens is 1. The first-order valence-corrected chi connectivity index (χ1v) is 10.2. The second kappa shape index (κ2) is 10.5. The van der Waals surface area contributed by atoms with Gasteiger partial charge in [-0.05, 0) is 54.8 Å². The number of carbonyl (C=O) groups excluding carboxylic acids is 1. The number of pyridine rings is 1. The van der Waals surface area contributed by atoms with Crippen LogP contribution in [0.25, 0.3) is 0 Å². The molecular formula is C25H27N3O3. The number of nitrogens with one attached hydrogen (secondary N) is 1. The molecule has 0 radical (unpaired) electrons. The van der Waals surface area contributed by atoms with Gasteiger partial charge in [-0.25, -0.2) is 0 Å². The van der Waals surface area contributed by atoms with E-state index in [4.69, 9.17) is 5.11 Å². The van der Waals surface area contributed by atoms with Crippen molar-refractivity contribution in [2.24, 2.45) is 5.16 Å². The van der Waals surface area contributed by atoms with E-state index in [-0.39, 0.29) is 25.0 Å². The van der Waals surface area contributed by atoms with Crippen molar-refractivity contribution in [3.05, 3.63) is 100 Å². The van der Waals surface area contributed by atoms with Crippen molar-refractivity contribution >= 4 is 11.6 Å². The molecular weight excluding hydrogens is 390 g/mol. The third-order valence-corrected chi connectivity index (χ3v) is 5.28. The highest BCUT2D eigenvalue weighted by Crippen LogP contribution is 2.32. The first-order valence-electron chi connectivity index (χ1n) is 10.2. The molecule has 0 bridgehead atoms. The van der Waals surface area contributed by atoms with E-state index < -0.39 is 0 Å². The van der Waals surface area contributed by atoms with E-state index in [2.05, 4.69) is 34.5 Å². The van der Waals surface area contributed by atoms with E-state index in [1.165, 1.54) is 0 Å². The zero-order valence-electron chi connectivity index (χ0n) is 17.7. The number of hydrogen-bond donors (Lipinski definition) is 3. The quantitative estimate of drug-likeness (QED) is 0.295. The van der Waals surface area contributed by atoms with Gasteiger partial charge in [-0.15, -0.1) is 0 Å². The molecule has 1 unspecified atom stereocenters. The molecule has 0 aliphatic heterocycles. The summed E-state index contributed by atoms with van der Waals surface area (Å²) in [5.41, 5.74) is 6.07. The van der Waals surface area contributed by atoms with Gasteiger partial charge >= 0.3 is 0 Å². The molecule has 0 aliphatic rings. The van der Waals surface area contributed by atoms with Crippen LogP contribution in [0.5, 0.6) is 0 Å². The third-order valence-electron chi connectivity index (χ3n) is 5.28. The predicted octanol–water partition coefficient (Wildman–Crippen LogP) is 3.82. The van der Waals surface area contributed by atoms with E-state index in [1.807, 2.05) is 43.3 Å². The molecule has 0 fully saturated rings. The van der Waals surface area contributed by atoms with Gasteiger partial charge in [-0.2, -0.15) is 0 Å². The largest absolute Gasteiger partial charge is 0.411 e. The number of hydrogen-bond acceptors (Lipinski definition) is 5. The van der Waals surface area contributed by atoms with Gasteiger partial charge in [-0.3, -0.25) is 9.78 Å². The average molecular weight is 418 g/mol. The second-order valence-corrected chi connectivity index (χ2v) is 7.45. The molecule has 160 valence electrons. The van der Waals surface area contributed by atoms with Gasteiger partial charge in [0.25, 0.3) is 5.91 Å². The summed E-state index contributed by atoms with van der Waals surface area (Å²) in [6.07, 6.45) is 2.19. The van der Waals surface area contributed by atoms with Crippen molar-refractivity contribution in [2.75, 3.05) is 13.2 Å². The van der Waals surface area contributed by atoms with Crippen LogP contribution < -0.4 is 5.32 Å². The molecule has 2 aromatic carbocycles. The summed E-state index contributed by atoms with van der Waals surface area (Å²) in [5.74, 6) is -0.284. The summed E-state index contributed by atoms with van der Waals surface area (Å²) in [6.45, 7) is 4.08. The van der Waals surface area contributed by atoms with Crippen molar-refractivity contribution < 1.29 is 15.1 Å². The summed E-state index contributed by atoms with van der Waals surface area (Å²) in [7, 11) is 0. The first kappa shape index (κ1) is 22.2. The highest BCUT2D eigenvalue weighted by Gasteiger charge is 2.21. The Balaban J connectivity index is 1.96. The Morgan fingerprint density at radius 3 is 2.45 bits per heavy atom. The van der Waals surface area contributed by atoms with Crippen LogP contribution in [-0.4, -0.2) is 40.1 Å². The Labute approximate surface area is 182 Å². The third kappa shape index (κ3) is 5.55. The number of rotatable bonds is 8. The molecule has 0 saturated carbocycles. The van der Waals surface area contributed by atoms with Crippen LogP contribution in [0.15, 0.2) is 72.0 Å². The Kier molecular flexibility index (Phi) is 7.51. The summed E-state index contributed by atoms with van der Waals surface area (Å²) in [4.78, 5) is 16.4. The number of nitrogens with zero attached hydrogens (tertiary/aromatic N) is 2. The van der Waals surface area contributed by atoms with Gasteiger partial charge in [0.15, 0.2) is 0 Å². The molecule has 6 nitrogen and oxygen atoms in total. The van der Waals surface area contributed by atoms with Gasteiger partial charge in [0.1, 0.15) is 0 Å². The molecule has 3 rings (SSSR count). The molecule has 0 saturated heterocycles. The number of aliphatic hydroxyl groups excluding tert-OH is 1. The molecule has 0 aliphatic carbocycles. The summed E-state index contributed by atoms with van der Waals surface area (Å²) in [5, 5.41) is 24.9. The van der Waals surface area contributed by atoms with Gasteiger partial charge in [-0.1, -0.05) is 41.6 Å². The van der Waals surface area contributed by atoms with Crippen LogP contribution in [0.4, 0.5) is 0 Å². The fourth-order valence-corrected chi connectivity index (χ4v) is 3.66. The van der Waals surface area contributed by atoms with Crippen molar-refractivity contribution in [1.29, 1.82) is 0 Å². The fourth-order valence-electron chi connectivity index (χ4n) is 3.66. The summed E-state index contributed by atoms with van der Waals surface area (Å²) in [6, 6.07) is 19.3. The van der Waals surface area contributed by atoms with E-state index in [0.717, 1.165) is 27.9 Å². The zero-order chi connectivity index (χ0) is 22.2. The molecule has 1 amide bonds. The van der Waals surface area contributed by atoms with E-state index in [0.29, 0.717) is 17.7 Å². The highest BCUT2D eigenvalue weighted by molar-refractivity contribution is 6.01.